The first kappa shape index (κ1) is 8.19. The minimum Gasteiger partial charge on any atom is -0.407 e. The second-order valence-electron chi connectivity index (χ2n) is 2.50. The van der Waals surface area contributed by atoms with Gasteiger partial charge in [-0.3, -0.25) is 4.98 Å². The Morgan fingerprint density at radius 3 is 2.85 bits per heavy atom. The lowest BCUT2D eigenvalue weighted by Crippen LogP contribution is -1.86. The van der Waals surface area contributed by atoms with E-state index in [4.69, 9.17) is 16.0 Å². The van der Waals surface area contributed by atoms with Crippen molar-refractivity contribution in [2.45, 2.75) is 6.92 Å². The summed E-state index contributed by atoms with van der Waals surface area (Å²) in [5.41, 5.74) is 1.64. The van der Waals surface area contributed by atoms with E-state index < -0.39 is 0 Å². The molecule has 0 aliphatic heterocycles. The van der Waals surface area contributed by atoms with E-state index in [9.17, 15) is 0 Å². The molecule has 0 saturated carbocycles. The number of halogens is 1. The van der Waals surface area contributed by atoms with Crippen LogP contribution in [0.5, 0.6) is 0 Å². The molecule has 0 amide bonds. The molecule has 0 atom stereocenters. The summed E-state index contributed by atoms with van der Waals surface area (Å²) in [7, 11) is 0. The topological polar surface area (TPSA) is 51.8 Å². The third kappa shape index (κ3) is 1.53. The van der Waals surface area contributed by atoms with E-state index in [1.807, 2.05) is 13.0 Å². The highest BCUT2D eigenvalue weighted by molar-refractivity contribution is 6.27. The summed E-state index contributed by atoms with van der Waals surface area (Å²) in [4.78, 5) is 4.09. The van der Waals surface area contributed by atoms with Gasteiger partial charge in [-0.25, -0.2) is 0 Å². The van der Waals surface area contributed by atoms with Gasteiger partial charge in [-0.05, 0) is 30.7 Å². The second kappa shape index (κ2) is 3.14. The number of pyridine rings is 1. The Bertz CT molecular complexity index is 427. The molecular formula is C8H6ClN3O. The van der Waals surface area contributed by atoms with Crippen molar-refractivity contribution in [3.8, 4) is 11.5 Å². The number of aromatic nitrogens is 3. The zero-order valence-corrected chi connectivity index (χ0v) is 7.62. The summed E-state index contributed by atoms with van der Waals surface area (Å²) >= 11 is 5.50. The lowest BCUT2D eigenvalue weighted by atomic mass is 10.2. The maximum Gasteiger partial charge on any atom is 0.313 e. The Morgan fingerprint density at radius 2 is 2.23 bits per heavy atom. The summed E-state index contributed by atoms with van der Waals surface area (Å²) < 4.78 is 5.05. The van der Waals surface area contributed by atoms with E-state index in [2.05, 4.69) is 15.2 Å². The van der Waals surface area contributed by atoms with E-state index in [1.165, 1.54) is 0 Å². The fourth-order valence-electron chi connectivity index (χ4n) is 1.02. The molecule has 2 aromatic rings. The van der Waals surface area contributed by atoms with Crippen LogP contribution in [0.1, 0.15) is 5.69 Å². The minimum atomic E-state index is 0.0400. The van der Waals surface area contributed by atoms with Crippen LogP contribution in [0.15, 0.2) is 22.7 Å². The fraction of sp³-hybridized carbons (Fsp3) is 0.125. The molecule has 0 spiro atoms. The van der Waals surface area contributed by atoms with Crippen LogP contribution in [0.25, 0.3) is 11.5 Å². The van der Waals surface area contributed by atoms with Crippen molar-refractivity contribution in [1.29, 1.82) is 0 Å². The summed E-state index contributed by atoms with van der Waals surface area (Å²) in [5, 5.41) is 7.35. The van der Waals surface area contributed by atoms with Gasteiger partial charge in [-0.15, -0.1) is 5.10 Å². The molecular weight excluding hydrogens is 190 g/mol. The number of aryl methyl sites for hydroxylation is 1. The molecule has 0 aliphatic carbocycles. The molecule has 0 radical (unpaired) electrons. The van der Waals surface area contributed by atoms with Crippen molar-refractivity contribution in [3.63, 3.8) is 0 Å². The zero-order chi connectivity index (χ0) is 9.26. The molecule has 0 bridgehead atoms. The summed E-state index contributed by atoms with van der Waals surface area (Å²) in [6, 6.07) is 3.66. The molecule has 2 heterocycles. The summed E-state index contributed by atoms with van der Waals surface area (Å²) in [6.07, 6.45) is 1.71. The van der Waals surface area contributed by atoms with Crippen LogP contribution in [-0.4, -0.2) is 15.2 Å². The quantitative estimate of drug-likeness (QED) is 0.699. The average Bonchev–Trinajstić information content (AvgIpc) is 2.53. The van der Waals surface area contributed by atoms with Crippen LogP contribution < -0.4 is 0 Å². The van der Waals surface area contributed by atoms with Crippen LogP contribution in [0.2, 0.25) is 5.35 Å². The average molecular weight is 196 g/mol. The molecule has 66 valence electrons. The van der Waals surface area contributed by atoms with Gasteiger partial charge < -0.3 is 4.42 Å². The van der Waals surface area contributed by atoms with Crippen molar-refractivity contribution >= 4 is 11.6 Å². The molecule has 2 rings (SSSR count). The lowest BCUT2D eigenvalue weighted by Gasteiger charge is -1.96. The first-order chi connectivity index (χ1) is 6.27. The van der Waals surface area contributed by atoms with Gasteiger partial charge in [0, 0.05) is 11.9 Å². The van der Waals surface area contributed by atoms with Gasteiger partial charge >= 0.3 is 5.35 Å². The Morgan fingerprint density at radius 1 is 1.38 bits per heavy atom. The normalized spacial score (nSPS) is 10.3. The Balaban J connectivity index is 2.52. The predicted octanol–water partition coefficient (Wildman–Crippen LogP) is 2.09. The van der Waals surface area contributed by atoms with E-state index in [0.29, 0.717) is 5.89 Å². The molecule has 0 unspecified atom stereocenters. The Labute approximate surface area is 79.6 Å². The van der Waals surface area contributed by atoms with Gasteiger partial charge in [-0.1, -0.05) is 5.10 Å². The molecule has 0 aromatic carbocycles. The number of rotatable bonds is 1. The minimum absolute atomic E-state index is 0.0400. The largest absolute Gasteiger partial charge is 0.407 e. The maximum atomic E-state index is 5.50. The second-order valence-corrected chi connectivity index (χ2v) is 2.82. The smallest absolute Gasteiger partial charge is 0.313 e. The van der Waals surface area contributed by atoms with Crippen LogP contribution in [0, 0.1) is 6.92 Å². The maximum absolute atomic E-state index is 5.50. The highest BCUT2D eigenvalue weighted by Gasteiger charge is 2.08. The van der Waals surface area contributed by atoms with Crippen molar-refractivity contribution < 1.29 is 4.42 Å². The SMILES string of the molecule is Cc1ncccc1-c1nnc(Cl)o1. The van der Waals surface area contributed by atoms with Gasteiger partial charge in [0.25, 0.3) is 5.89 Å². The van der Waals surface area contributed by atoms with E-state index in [0.717, 1.165) is 11.3 Å². The number of hydrogen-bond acceptors (Lipinski definition) is 4. The first-order valence-corrected chi connectivity index (χ1v) is 4.06. The lowest BCUT2D eigenvalue weighted by molar-refractivity contribution is 0.570. The van der Waals surface area contributed by atoms with Gasteiger partial charge in [-0.2, -0.15) is 0 Å². The molecule has 2 aromatic heterocycles. The molecule has 0 saturated heterocycles. The van der Waals surface area contributed by atoms with E-state index in [1.54, 1.807) is 12.3 Å². The van der Waals surface area contributed by atoms with Crippen LogP contribution >= 0.6 is 11.6 Å². The van der Waals surface area contributed by atoms with Crippen LogP contribution in [0.4, 0.5) is 0 Å². The first-order valence-electron chi connectivity index (χ1n) is 3.68. The predicted molar refractivity (Wildman–Crippen MR) is 47.3 cm³/mol. The summed E-state index contributed by atoms with van der Waals surface area (Å²) in [6.45, 7) is 1.87. The monoisotopic (exact) mass is 195 g/mol. The van der Waals surface area contributed by atoms with Crippen molar-refractivity contribution in [3.05, 3.63) is 29.4 Å². The van der Waals surface area contributed by atoms with Gasteiger partial charge in [0.05, 0.1) is 5.56 Å². The van der Waals surface area contributed by atoms with Gasteiger partial charge in [0.1, 0.15) is 0 Å². The fourth-order valence-corrected chi connectivity index (χ4v) is 1.14. The van der Waals surface area contributed by atoms with E-state index >= 15 is 0 Å². The van der Waals surface area contributed by atoms with Gasteiger partial charge in [0.15, 0.2) is 0 Å². The van der Waals surface area contributed by atoms with E-state index in [-0.39, 0.29) is 5.35 Å². The Hall–Kier alpha value is -1.42. The standard InChI is InChI=1S/C8H6ClN3O/c1-5-6(3-2-4-10-5)7-11-12-8(9)13-7/h2-4H,1H3. The molecule has 5 heteroatoms. The highest BCUT2D eigenvalue weighted by Crippen LogP contribution is 2.21. The molecule has 13 heavy (non-hydrogen) atoms. The van der Waals surface area contributed by atoms with Crippen molar-refractivity contribution in [2.75, 3.05) is 0 Å². The molecule has 0 aliphatic rings. The van der Waals surface area contributed by atoms with Crippen molar-refractivity contribution in [1.82, 2.24) is 15.2 Å². The highest BCUT2D eigenvalue weighted by atomic mass is 35.5. The third-order valence-electron chi connectivity index (χ3n) is 1.64. The van der Waals surface area contributed by atoms with Crippen LogP contribution in [0.3, 0.4) is 0 Å². The number of hydrogen-bond donors (Lipinski definition) is 0. The number of nitrogens with zero attached hydrogens (tertiary/aromatic N) is 3. The molecule has 0 N–H and O–H groups in total. The van der Waals surface area contributed by atoms with Gasteiger partial charge in [0.2, 0.25) is 0 Å². The molecule has 0 fully saturated rings. The third-order valence-corrected chi connectivity index (χ3v) is 1.79. The van der Waals surface area contributed by atoms with Crippen LogP contribution in [-0.2, 0) is 0 Å². The zero-order valence-electron chi connectivity index (χ0n) is 6.86. The molecule has 4 nitrogen and oxygen atoms in total. The summed E-state index contributed by atoms with van der Waals surface area (Å²) in [5.74, 6) is 0.399. The van der Waals surface area contributed by atoms with Crippen molar-refractivity contribution in [2.24, 2.45) is 0 Å². The Kier molecular flexibility index (Phi) is 1.98.